The predicted molar refractivity (Wildman–Crippen MR) is 103 cm³/mol. The molecule has 0 aromatic heterocycles. The van der Waals surface area contributed by atoms with Crippen molar-refractivity contribution in [1.29, 1.82) is 0 Å². The van der Waals surface area contributed by atoms with Crippen molar-refractivity contribution in [3.63, 3.8) is 0 Å². The lowest BCUT2D eigenvalue weighted by Crippen LogP contribution is -2.53. The van der Waals surface area contributed by atoms with Crippen LogP contribution in [0.3, 0.4) is 0 Å². The summed E-state index contributed by atoms with van der Waals surface area (Å²) in [5, 5.41) is 0. The number of hydrogen-bond donors (Lipinski definition) is 0. The Hall–Kier alpha value is -0.670. The van der Waals surface area contributed by atoms with Gasteiger partial charge in [0, 0.05) is 24.2 Å². The third-order valence-electron chi connectivity index (χ3n) is 10.1. The first-order valence-electron chi connectivity index (χ1n) is 11.5. The van der Waals surface area contributed by atoms with Gasteiger partial charge in [0.2, 0.25) is 0 Å². The highest BCUT2D eigenvalue weighted by Crippen LogP contribution is 2.68. The van der Waals surface area contributed by atoms with Crippen LogP contribution < -0.4 is 0 Å². The summed E-state index contributed by atoms with van der Waals surface area (Å²) in [6.45, 7) is 6.37. The van der Waals surface area contributed by atoms with Gasteiger partial charge in [0.05, 0.1) is 13.2 Å². The minimum Gasteiger partial charge on any atom is -0.347 e. The maximum atomic E-state index is 13.3. The second-order valence-corrected chi connectivity index (χ2v) is 11.0. The molecule has 5 fully saturated rings. The van der Waals surface area contributed by atoms with Crippen LogP contribution in [0.15, 0.2) is 11.6 Å². The third-order valence-corrected chi connectivity index (χ3v) is 10.1. The normalized spacial score (nSPS) is 52.9. The van der Waals surface area contributed by atoms with E-state index in [1.807, 2.05) is 0 Å². The van der Waals surface area contributed by atoms with E-state index in [2.05, 4.69) is 19.9 Å². The molecule has 0 amide bonds. The van der Waals surface area contributed by atoms with Crippen LogP contribution in [0.1, 0.15) is 71.6 Å². The molecule has 5 aliphatic carbocycles. The van der Waals surface area contributed by atoms with E-state index in [-0.39, 0.29) is 11.2 Å². The number of rotatable bonds is 0. The fraction of sp³-hybridized carbons (Fsp3) is 0.875. The van der Waals surface area contributed by atoms with Crippen molar-refractivity contribution in [3.05, 3.63) is 11.6 Å². The second-order valence-electron chi connectivity index (χ2n) is 11.0. The molecule has 6 rings (SSSR count). The minimum atomic E-state index is -0.318. The lowest BCUT2D eigenvalue weighted by Gasteiger charge is -2.58. The zero-order valence-electron chi connectivity index (χ0n) is 17.0. The number of ether oxygens (including phenoxy) is 2. The number of carbonyl (C=O) groups is 1. The van der Waals surface area contributed by atoms with Gasteiger partial charge in [-0.15, -0.1) is 0 Å². The molecule has 4 saturated carbocycles. The quantitative estimate of drug-likeness (QED) is 0.569. The first kappa shape index (κ1) is 17.2. The topological polar surface area (TPSA) is 35.5 Å². The van der Waals surface area contributed by atoms with Crippen LogP contribution in [0.4, 0.5) is 0 Å². The van der Waals surface area contributed by atoms with Crippen molar-refractivity contribution >= 4 is 5.78 Å². The molecule has 7 atom stereocenters. The number of hydrogen-bond acceptors (Lipinski definition) is 3. The van der Waals surface area contributed by atoms with E-state index in [9.17, 15) is 4.79 Å². The maximum Gasteiger partial charge on any atom is 0.172 e. The highest BCUT2D eigenvalue weighted by Gasteiger charge is 2.65. The molecule has 1 saturated heterocycles. The average Bonchev–Trinajstić information content (AvgIpc) is 3.35. The lowest BCUT2D eigenvalue weighted by atomic mass is 9.47. The van der Waals surface area contributed by atoms with Crippen LogP contribution in [-0.2, 0) is 14.3 Å². The van der Waals surface area contributed by atoms with Crippen molar-refractivity contribution in [3.8, 4) is 0 Å². The van der Waals surface area contributed by atoms with E-state index in [0.29, 0.717) is 34.9 Å². The molecular formula is C24H34O3. The summed E-state index contributed by atoms with van der Waals surface area (Å²) in [5.41, 5.74) is 1.88. The largest absolute Gasteiger partial charge is 0.347 e. The van der Waals surface area contributed by atoms with Crippen LogP contribution in [-0.4, -0.2) is 24.8 Å². The van der Waals surface area contributed by atoms with E-state index in [1.165, 1.54) is 38.5 Å². The number of carbonyl (C=O) groups excluding carboxylic acids is 1. The molecule has 6 aliphatic rings. The van der Waals surface area contributed by atoms with Gasteiger partial charge in [-0.05, 0) is 67.6 Å². The molecular weight excluding hydrogens is 336 g/mol. The van der Waals surface area contributed by atoms with Gasteiger partial charge in [-0.3, -0.25) is 4.79 Å². The zero-order chi connectivity index (χ0) is 18.4. The molecule has 1 heterocycles. The number of ketones is 1. The Morgan fingerprint density at radius 3 is 2.59 bits per heavy atom. The monoisotopic (exact) mass is 370 g/mol. The van der Waals surface area contributed by atoms with Gasteiger partial charge < -0.3 is 9.47 Å². The summed E-state index contributed by atoms with van der Waals surface area (Å²) in [6, 6.07) is 0. The van der Waals surface area contributed by atoms with Crippen LogP contribution in [0.5, 0.6) is 0 Å². The lowest BCUT2D eigenvalue weighted by molar-refractivity contribution is -0.185. The van der Waals surface area contributed by atoms with E-state index >= 15 is 0 Å². The first-order chi connectivity index (χ1) is 13.0. The molecule has 0 bridgehead atoms. The highest BCUT2D eigenvalue weighted by molar-refractivity contribution is 5.90. The molecule has 0 N–H and O–H groups in total. The third kappa shape index (κ3) is 2.08. The SMILES string of the molecule is C[C@]12CCC3(CC1=CCC1C2CC[C@]2(C)C(=O)[C@@H]4CCC[C@@H]4C12)OCCO3. The predicted octanol–water partition coefficient (Wildman–Crippen LogP) is 4.90. The molecule has 3 heteroatoms. The van der Waals surface area contributed by atoms with E-state index in [1.54, 1.807) is 5.57 Å². The van der Waals surface area contributed by atoms with Crippen molar-refractivity contribution in [1.82, 2.24) is 0 Å². The summed E-state index contributed by atoms with van der Waals surface area (Å²) in [5.74, 6) is 3.51. The van der Waals surface area contributed by atoms with Gasteiger partial charge >= 0.3 is 0 Å². The van der Waals surface area contributed by atoms with Crippen LogP contribution in [0, 0.1) is 40.4 Å². The van der Waals surface area contributed by atoms with E-state index < -0.39 is 0 Å². The summed E-state index contributed by atoms with van der Waals surface area (Å²) in [6.07, 6.45) is 13.1. The van der Waals surface area contributed by atoms with Crippen LogP contribution in [0.25, 0.3) is 0 Å². The zero-order valence-corrected chi connectivity index (χ0v) is 17.0. The number of Topliss-reactive ketones (excluding diaryl/α,β-unsaturated/α-hetero) is 1. The van der Waals surface area contributed by atoms with Crippen molar-refractivity contribution < 1.29 is 14.3 Å². The van der Waals surface area contributed by atoms with Crippen LogP contribution >= 0.6 is 0 Å². The van der Waals surface area contributed by atoms with Gasteiger partial charge in [-0.2, -0.15) is 0 Å². The minimum absolute atomic E-state index is 0.0216. The first-order valence-corrected chi connectivity index (χ1v) is 11.5. The summed E-state index contributed by atoms with van der Waals surface area (Å²) in [4.78, 5) is 13.3. The Kier molecular flexibility index (Phi) is 3.49. The fourth-order valence-electron chi connectivity index (χ4n) is 8.85. The van der Waals surface area contributed by atoms with Crippen molar-refractivity contribution in [2.75, 3.05) is 13.2 Å². The van der Waals surface area contributed by atoms with Gasteiger partial charge in [0.15, 0.2) is 5.79 Å². The molecule has 0 aromatic carbocycles. The summed E-state index contributed by atoms with van der Waals surface area (Å²) < 4.78 is 12.1. The van der Waals surface area contributed by atoms with E-state index in [0.717, 1.165) is 38.4 Å². The fourth-order valence-corrected chi connectivity index (χ4v) is 8.85. The van der Waals surface area contributed by atoms with Gasteiger partial charge in [-0.25, -0.2) is 0 Å². The molecule has 0 radical (unpaired) electrons. The molecule has 1 aliphatic heterocycles. The Labute approximate surface area is 163 Å². The Morgan fingerprint density at radius 2 is 1.78 bits per heavy atom. The summed E-state index contributed by atoms with van der Waals surface area (Å²) >= 11 is 0. The van der Waals surface area contributed by atoms with E-state index in [4.69, 9.17) is 9.47 Å². The molecule has 1 spiro atoms. The van der Waals surface area contributed by atoms with Crippen LogP contribution in [0.2, 0.25) is 0 Å². The van der Waals surface area contributed by atoms with Crippen molar-refractivity contribution in [2.24, 2.45) is 40.4 Å². The molecule has 27 heavy (non-hydrogen) atoms. The Morgan fingerprint density at radius 1 is 0.963 bits per heavy atom. The van der Waals surface area contributed by atoms with Gasteiger partial charge in [-0.1, -0.05) is 31.9 Å². The Balaban J connectivity index is 1.36. The maximum absolute atomic E-state index is 13.3. The molecule has 0 aromatic rings. The van der Waals surface area contributed by atoms with Crippen molar-refractivity contribution in [2.45, 2.75) is 77.4 Å². The molecule has 3 nitrogen and oxygen atoms in total. The standard InChI is InChI=1S/C24H34O3/c1-22-10-11-24(26-12-13-27-24)14-15(22)6-7-18-19(22)8-9-23(2)20(18)16-4-3-5-17(16)21(23)25/h6,16-20H,3-5,7-14H2,1-2H3/t16-,17+,18?,19?,20?,22-,23-/m0/s1. The number of fused-ring (bicyclic) bond motifs is 7. The Bertz CT molecular complexity index is 704. The molecule has 148 valence electrons. The molecule has 3 unspecified atom stereocenters. The number of allylic oxidation sites excluding steroid dienone is 1. The average molecular weight is 371 g/mol. The highest BCUT2D eigenvalue weighted by atomic mass is 16.7. The summed E-state index contributed by atoms with van der Waals surface area (Å²) in [7, 11) is 0. The van der Waals surface area contributed by atoms with Gasteiger partial charge in [0.1, 0.15) is 5.78 Å². The second kappa shape index (κ2) is 5.48. The smallest absolute Gasteiger partial charge is 0.172 e. The van der Waals surface area contributed by atoms with Gasteiger partial charge in [0.25, 0.3) is 0 Å².